The van der Waals surface area contributed by atoms with Gasteiger partial charge in [0.05, 0.1) is 15.1 Å². The summed E-state index contributed by atoms with van der Waals surface area (Å²) >= 11 is 1.47. The lowest BCUT2D eigenvalue weighted by Gasteiger charge is -2.10. The Morgan fingerprint density at radius 3 is 2.64 bits per heavy atom. The van der Waals surface area contributed by atoms with Crippen LogP contribution in [0.1, 0.15) is 0 Å². The number of rotatable bonds is 5. The zero-order valence-electron chi connectivity index (χ0n) is 17.4. The Bertz CT molecular complexity index is 1450. The molecule has 7 nitrogen and oxygen atoms in total. The van der Waals surface area contributed by atoms with Gasteiger partial charge in [-0.15, -0.1) is 11.3 Å². The Labute approximate surface area is 192 Å². The fourth-order valence-electron chi connectivity index (χ4n) is 3.23. The third-order valence-corrected chi connectivity index (χ3v) is 5.90. The molecular formula is C24H17FN4O3S. The summed E-state index contributed by atoms with van der Waals surface area (Å²) in [5.41, 5.74) is 0.978. The van der Waals surface area contributed by atoms with Crippen LogP contribution in [0.4, 0.5) is 14.9 Å². The second-order valence-electron chi connectivity index (χ2n) is 7.07. The lowest BCUT2D eigenvalue weighted by Crippen LogP contribution is -2.16. The van der Waals surface area contributed by atoms with Gasteiger partial charge in [0.1, 0.15) is 17.3 Å². The molecule has 0 atom stereocenters. The highest BCUT2D eigenvalue weighted by atomic mass is 32.1. The predicted molar refractivity (Wildman–Crippen MR) is 124 cm³/mol. The van der Waals surface area contributed by atoms with E-state index in [0.29, 0.717) is 11.5 Å². The van der Waals surface area contributed by atoms with Gasteiger partial charge in [-0.2, -0.15) is 0 Å². The number of carbonyl (C=O) groups excluding carboxylic acids is 1. The molecular weight excluding hydrogens is 443 g/mol. The van der Waals surface area contributed by atoms with Crippen molar-refractivity contribution in [1.82, 2.24) is 14.5 Å². The molecule has 164 valence electrons. The van der Waals surface area contributed by atoms with Gasteiger partial charge in [0, 0.05) is 43.5 Å². The van der Waals surface area contributed by atoms with Gasteiger partial charge >= 0.3 is 6.09 Å². The van der Waals surface area contributed by atoms with Gasteiger partial charge in [0.15, 0.2) is 11.6 Å². The van der Waals surface area contributed by atoms with Crippen LogP contribution in [0.25, 0.3) is 20.9 Å². The van der Waals surface area contributed by atoms with Gasteiger partial charge in [-0.3, -0.25) is 10.3 Å². The standard InChI is InChI=1S/C24H17FN4O3S/c1-29-12-11-27-23(29)21-14-18-22(33-21)20(9-10-26-18)32-19-8-7-15(13-17(19)25)28-24(30)31-16-5-3-2-4-6-16/h2-14H,1H3,(H,28,30). The SMILES string of the molecule is Cn1ccnc1-c1cc2nccc(Oc3ccc(NC(=O)Oc4ccccc4)cc3F)c2s1. The smallest absolute Gasteiger partial charge is 0.417 e. The van der Waals surface area contributed by atoms with Crippen molar-refractivity contribution in [3.63, 3.8) is 0 Å². The molecule has 3 aromatic heterocycles. The zero-order chi connectivity index (χ0) is 22.8. The number of hydrogen-bond acceptors (Lipinski definition) is 6. The van der Waals surface area contributed by atoms with E-state index in [2.05, 4.69) is 15.3 Å². The molecule has 0 unspecified atom stereocenters. The highest BCUT2D eigenvalue weighted by molar-refractivity contribution is 7.22. The number of imidazole rings is 1. The summed E-state index contributed by atoms with van der Waals surface area (Å²) in [5.74, 6) is 1.08. The Morgan fingerprint density at radius 1 is 1.03 bits per heavy atom. The number of thiophene rings is 1. The molecule has 2 aromatic carbocycles. The monoisotopic (exact) mass is 460 g/mol. The topological polar surface area (TPSA) is 78.3 Å². The molecule has 3 heterocycles. The Kier molecular flexibility index (Phi) is 5.45. The molecule has 0 bridgehead atoms. The molecule has 0 aliphatic rings. The maximum atomic E-state index is 14.8. The minimum atomic E-state index is -0.717. The van der Waals surface area contributed by atoms with Crippen LogP contribution in [-0.4, -0.2) is 20.6 Å². The van der Waals surface area contributed by atoms with Crippen molar-refractivity contribution in [2.45, 2.75) is 0 Å². The van der Waals surface area contributed by atoms with Crippen LogP contribution in [0.2, 0.25) is 0 Å². The van der Waals surface area contributed by atoms with Crippen molar-refractivity contribution in [3.8, 4) is 28.0 Å². The van der Waals surface area contributed by atoms with Crippen molar-refractivity contribution in [2.75, 3.05) is 5.32 Å². The van der Waals surface area contributed by atoms with Gasteiger partial charge < -0.3 is 14.0 Å². The average Bonchev–Trinajstić information content (AvgIpc) is 3.42. The molecule has 0 saturated heterocycles. The minimum Gasteiger partial charge on any atom is -0.453 e. The molecule has 9 heteroatoms. The highest BCUT2D eigenvalue weighted by Gasteiger charge is 2.15. The van der Waals surface area contributed by atoms with E-state index in [1.165, 1.54) is 29.5 Å². The van der Waals surface area contributed by atoms with E-state index >= 15 is 0 Å². The molecule has 1 amide bonds. The third-order valence-electron chi connectivity index (χ3n) is 4.77. The number of ether oxygens (including phenoxy) is 2. The minimum absolute atomic E-state index is 0.0245. The Morgan fingerprint density at radius 2 is 1.88 bits per heavy atom. The number of halogens is 1. The average molecular weight is 460 g/mol. The number of nitrogens with one attached hydrogen (secondary N) is 1. The van der Waals surface area contributed by atoms with Gasteiger partial charge in [0.2, 0.25) is 0 Å². The number of aryl methyl sites for hydroxylation is 1. The number of anilines is 1. The molecule has 0 fully saturated rings. The number of nitrogens with zero attached hydrogens (tertiary/aromatic N) is 3. The first-order valence-electron chi connectivity index (χ1n) is 9.94. The molecule has 0 aliphatic carbocycles. The van der Waals surface area contributed by atoms with Crippen LogP contribution in [-0.2, 0) is 7.05 Å². The predicted octanol–water partition coefficient (Wildman–Crippen LogP) is 6.24. The Hall–Kier alpha value is -4.24. The van der Waals surface area contributed by atoms with Crippen molar-refractivity contribution < 1.29 is 18.7 Å². The first-order chi connectivity index (χ1) is 16.1. The van der Waals surface area contributed by atoms with E-state index in [1.54, 1.807) is 42.7 Å². The third kappa shape index (κ3) is 4.39. The number of hydrogen-bond donors (Lipinski definition) is 1. The van der Waals surface area contributed by atoms with E-state index in [-0.39, 0.29) is 11.4 Å². The van der Waals surface area contributed by atoms with E-state index in [9.17, 15) is 9.18 Å². The molecule has 5 aromatic rings. The van der Waals surface area contributed by atoms with Crippen molar-refractivity contribution in [3.05, 3.63) is 85.1 Å². The number of benzene rings is 2. The van der Waals surface area contributed by atoms with Gasteiger partial charge in [0.25, 0.3) is 0 Å². The number of carbonyl (C=O) groups is 1. The van der Waals surface area contributed by atoms with Gasteiger partial charge in [-0.1, -0.05) is 18.2 Å². The number of amides is 1. The summed E-state index contributed by atoms with van der Waals surface area (Å²) in [6, 6.07) is 16.4. The second kappa shape index (κ2) is 8.71. The summed E-state index contributed by atoms with van der Waals surface area (Å²) in [5, 5.41) is 2.50. The summed E-state index contributed by atoms with van der Waals surface area (Å²) in [6.45, 7) is 0. The van der Waals surface area contributed by atoms with Crippen molar-refractivity contribution in [1.29, 1.82) is 0 Å². The second-order valence-corrected chi connectivity index (χ2v) is 8.12. The van der Waals surface area contributed by atoms with Crippen LogP contribution in [0.3, 0.4) is 0 Å². The lowest BCUT2D eigenvalue weighted by atomic mass is 10.3. The van der Waals surface area contributed by atoms with Crippen molar-refractivity contribution in [2.24, 2.45) is 7.05 Å². The van der Waals surface area contributed by atoms with E-state index in [0.717, 1.165) is 20.9 Å². The molecule has 5 rings (SSSR count). The largest absolute Gasteiger partial charge is 0.453 e. The first-order valence-corrected chi connectivity index (χ1v) is 10.8. The highest BCUT2D eigenvalue weighted by Crippen LogP contribution is 2.39. The van der Waals surface area contributed by atoms with Crippen molar-refractivity contribution >= 4 is 33.3 Å². The number of pyridine rings is 1. The molecule has 1 N–H and O–H groups in total. The number of aromatic nitrogens is 3. The fraction of sp³-hybridized carbons (Fsp3) is 0.0417. The Balaban J connectivity index is 1.35. The molecule has 0 saturated carbocycles. The number of para-hydroxylation sites is 1. The normalized spacial score (nSPS) is 10.8. The molecule has 33 heavy (non-hydrogen) atoms. The maximum absolute atomic E-state index is 14.8. The van der Waals surface area contributed by atoms with Crippen LogP contribution in [0, 0.1) is 5.82 Å². The summed E-state index contributed by atoms with van der Waals surface area (Å²) in [4.78, 5) is 21.7. The molecule has 0 aliphatic heterocycles. The van der Waals surface area contributed by atoms with Gasteiger partial charge in [-0.05, 0) is 30.3 Å². The quantitative estimate of drug-likeness (QED) is 0.336. The van der Waals surface area contributed by atoms with E-state index in [4.69, 9.17) is 9.47 Å². The zero-order valence-corrected chi connectivity index (χ0v) is 18.2. The van der Waals surface area contributed by atoms with Gasteiger partial charge in [-0.25, -0.2) is 14.2 Å². The first kappa shape index (κ1) is 20.7. The van der Waals surface area contributed by atoms with Crippen LogP contribution in [0.15, 0.2) is 79.3 Å². The molecule has 0 spiro atoms. The fourth-order valence-corrected chi connectivity index (χ4v) is 4.33. The van der Waals surface area contributed by atoms with E-state index in [1.807, 2.05) is 29.9 Å². The maximum Gasteiger partial charge on any atom is 0.417 e. The van der Waals surface area contributed by atoms with Crippen LogP contribution >= 0.6 is 11.3 Å². The van der Waals surface area contributed by atoms with E-state index < -0.39 is 11.9 Å². The number of fused-ring (bicyclic) bond motifs is 1. The van der Waals surface area contributed by atoms with Crippen LogP contribution < -0.4 is 14.8 Å². The summed E-state index contributed by atoms with van der Waals surface area (Å²) < 4.78 is 28.5. The summed E-state index contributed by atoms with van der Waals surface area (Å²) in [7, 11) is 1.91. The summed E-state index contributed by atoms with van der Waals surface area (Å²) in [6.07, 6.45) is 4.49. The lowest BCUT2D eigenvalue weighted by molar-refractivity contribution is 0.215. The van der Waals surface area contributed by atoms with Crippen LogP contribution in [0.5, 0.6) is 17.2 Å². The molecule has 0 radical (unpaired) electrons.